The van der Waals surface area contributed by atoms with Crippen LogP contribution in [0.5, 0.6) is 0 Å². The predicted molar refractivity (Wildman–Crippen MR) is 97.8 cm³/mol. The zero-order valence-electron chi connectivity index (χ0n) is 14.2. The molecule has 1 aliphatic rings. The normalized spacial score (nSPS) is 14.7. The third-order valence-corrected chi connectivity index (χ3v) is 4.81. The highest BCUT2D eigenvalue weighted by Gasteiger charge is 2.19. The summed E-state index contributed by atoms with van der Waals surface area (Å²) in [5, 5.41) is 2.68. The first-order chi connectivity index (χ1) is 11.8. The molecule has 2 aromatic carbocycles. The Hall–Kier alpha value is -2.26. The van der Waals surface area contributed by atoms with Gasteiger partial charge in [-0.3, -0.25) is 4.90 Å². The van der Waals surface area contributed by atoms with Gasteiger partial charge < -0.3 is 0 Å². The van der Waals surface area contributed by atoms with Crippen LogP contribution in [0.1, 0.15) is 36.0 Å². The van der Waals surface area contributed by atoms with Gasteiger partial charge in [0, 0.05) is 49.9 Å². The monoisotopic (exact) mass is 317 g/mol. The molecule has 1 aliphatic heterocycles. The van der Waals surface area contributed by atoms with E-state index in [1.54, 1.807) is 0 Å². The first-order valence-corrected chi connectivity index (χ1v) is 8.86. The van der Waals surface area contributed by atoms with Gasteiger partial charge in [-0.25, -0.2) is 9.97 Å². The van der Waals surface area contributed by atoms with Crippen molar-refractivity contribution in [3.05, 3.63) is 71.3 Å². The molecule has 4 rings (SSSR count). The van der Waals surface area contributed by atoms with E-state index in [1.165, 1.54) is 27.6 Å². The minimum Gasteiger partial charge on any atom is -0.294 e. The molecule has 0 atom stereocenters. The van der Waals surface area contributed by atoms with Crippen LogP contribution < -0.4 is 0 Å². The Labute approximate surface area is 143 Å². The molecule has 0 fully saturated rings. The van der Waals surface area contributed by atoms with E-state index in [1.807, 2.05) is 6.20 Å². The molecular weight excluding hydrogens is 294 g/mol. The van der Waals surface area contributed by atoms with Crippen LogP contribution in [0.3, 0.4) is 0 Å². The molecule has 2 heterocycles. The minimum atomic E-state index is 0.949. The summed E-state index contributed by atoms with van der Waals surface area (Å²) in [7, 11) is 0. The van der Waals surface area contributed by atoms with Gasteiger partial charge in [0.25, 0.3) is 0 Å². The van der Waals surface area contributed by atoms with Crippen molar-refractivity contribution < 1.29 is 0 Å². The lowest BCUT2D eigenvalue weighted by atomic mass is 10.0. The molecular formula is C21H23N3. The van der Waals surface area contributed by atoms with Crippen LogP contribution in [0.25, 0.3) is 10.8 Å². The highest BCUT2D eigenvalue weighted by molar-refractivity contribution is 5.85. The van der Waals surface area contributed by atoms with Gasteiger partial charge in [-0.2, -0.15) is 0 Å². The fraction of sp³-hybridized carbons (Fsp3) is 0.333. The van der Waals surface area contributed by atoms with Gasteiger partial charge >= 0.3 is 0 Å². The third kappa shape index (κ3) is 3.04. The molecule has 0 N–H and O–H groups in total. The van der Waals surface area contributed by atoms with Crippen molar-refractivity contribution in [3.8, 4) is 0 Å². The number of benzene rings is 2. The number of aromatic nitrogens is 2. The summed E-state index contributed by atoms with van der Waals surface area (Å²) in [6.45, 7) is 5.18. The van der Waals surface area contributed by atoms with Crippen molar-refractivity contribution in [1.29, 1.82) is 0 Å². The van der Waals surface area contributed by atoms with Crippen molar-refractivity contribution in [1.82, 2.24) is 14.9 Å². The van der Waals surface area contributed by atoms with E-state index in [-0.39, 0.29) is 0 Å². The Morgan fingerprint density at radius 3 is 2.88 bits per heavy atom. The van der Waals surface area contributed by atoms with Crippen LogP contribution in [-0.2, 0) is 25.9 Å². The van der Waals surface area contributed by atoms with E-state index < -0.39 is 0 Å². The minimum absolute atomic E-state index is 0.949. The molecule has 0 saturated carbocycles. The maximum Gasteiger partial charge on any atom is 0.128 e. The number of hydrogen-bond donors (Lipinski definition) is 0. The average Bonchev–Trinajstić information content (AvgIpc) is 2.62. The standard InChI is InChI=1S/C21H23N3/c1-2-6-21-22-13-18-15-24(12-11-20(18)23-21)14-17-9-5-8-16-7-3-4-10-19(16)17/h3-5,7-10,13H,2,6,11-12,14-15H2,1H3. The lowest BCUT2D eigenvalue weighted by Gasteiger charge is -2.28. The Balaban J connectivity index is 1.54. The lowest BCUT2D eigenvalue weighted by molar-refractivity contribution is 0.243. The first-order valence-electron chi connectivity index (χ1n) is 8.86. The SMILES string of the molecule is CCCc1ncc2c(n1)CCN(Cc1cccc3ccccc13)C2. The molecule has 0 spiro atoms. The summed E-state index contributed by atoms with van der Waals surface area (Å²) < 4.78 is 0. The second kappa shape index (κ2) is 6.70. The molecule has 0 aliphatic carbocycles. The third-order valence-electron chi connectivity index (χ3n) is 4.81. The van der Waals surface area contributed by atoms with Gasteiger partial charge in [0.15, 0.2) is 0 Å². The molecule has 122 valence electrons. The van der Waals surface area contributed by atoms with Crippen molar-refractivity contribution in [2.24, 2.45) is 0 Å². The average molecular weight is 317 g/mol. The second-order valence-corrected chi connectivity index (χ2v) is 6.61. The van der Waals surface area contributed by atoms with Crippen LogP contribution in [0.15, 0.2) is 48.7 Å². The number of hydrogen-bond acceptors (Lipinski definition) is 3. The number of fused-ring (bicyclic) bond motifs is 2. The molecule has 0 radical (unpaired) electrons. The summed E-state index contributed by atoms with van der Waals surface area (Å²) in [5.74, 6) is 0.999. The Kier molecular flexibility index (Phi) is 4.26. The fourth-order valence-electron chi connectivity index (χ4n) is 3.57. The zero-order valence-corrected chi connectivity index (χ0v) is 14.2. The largest absolute Gasteiger partial charge is 0.294 e. The quantitative estimate of drug-likeness (QED) is 0.724. The zero-order chi connectivity index (χ0) is 16.4. The Bertz CT molecular complexity index is 851. The summed E-state index contributed by atoms with van der Waals surface area (Å²) in [5.41, 5.74) is 3.95. The summed E-state index contributed by atoms with van der Waals surface area (Å²) >= 11 is 0. The summed E-state index contributed by atoms with van der Waals surface area (Å²) in [4.78, 5) is 11.8. The van der Waals surface area contributed by atoms with Crippen LogP contribution in [-0.4, -0.2) is 21.4 Å². The maximum absolute atomic E-state index is 4.76. The lowest BCUT2D eigenvalue weighted by Crippen LogP contribution is -2.31. The van der Waals surface area contributed by atoms with Gasteiger partial charge in [0.05, 0.1) is 0 Å². The van der Waals surface area contributed by atoms with Gasteiger partial charge in [-0.15, -0.1) is 0 Å². The number of aryl methyl sites for hydroxylation is 1. The molecule has 3 aromatic rings. The Morgan fingerprint density at radius 1 is 1.08 bits per heavy atom. The highest BCUT2D eigenvalue weighted by atomic mass is 15.1. The molecule has 0 bridgehead atoms. The van der Waals surface area contributed by atoms with Gasteiger partial charge in [-0.05, 0) is 22.8 Å². The highest BCUT2D eigenvalue weighted by Crippen LogP contribution is 2.23. The summed E-state index contributed by atoms with van der Waals surface area (Å²) in [6.07, 6.45) is 5.15. The van der Waals surface area contributed by atoms with E-state index in [0.29, 0.717) is 0 Å². The molecule has 0 saturated heterocycles. The van der Waals surface area contributed by atoms with Gasteiger partial charge in [0.1, 0.15) is 5.82 Å². The predicted octanol–water partition coefficient (Wildman–Crippen LogP) is 4.14. The van der Waals surface area contributed by atoms with Crippen LogP contribution >= 0.6 is 0 Å². The molecule has 3 nitrogen and oxygen atoms in total. The van der Waals surface area contributed by atoms with Crippen LogP contribution in [0.4, 0.5) is 0 Å². The fourth-order valence-corrected chi connectivity index (χ4v) is 3.57. The molecule has 1 aromatic heterocycles. The number of rotatable bonds is 4. The molecule has 3 heteroatoms. The van der Waals surface area contributed by atoms with Crippen molar-refractivity contribution in [2.75, 3.05) is 6.54 Å². The maximum atomic E-state index is 4.76. The van der Waals surface area contributed by atoms with E-state index >= 15 is 0 Å². The molecule has 24 heavy (non-hydrogen) atoms. The molecule has 0 amide bonds. The van der Waals surface area contributed by atoms with Crippen molar-refractivity contribution in [3.63, 3.8) is 0 Å². The Morgan fingerprint density at radius 2 is 1.96 bits per heavy atom. The van der Waals surface area contributed by atoms with Crippen molar-refractivity contribution in [2.45, 2.75) is 39.3 Å². The first kappa shape index (κ1) is 15.3. The number of nitrogens with zero attached hydrogens (tertiary/aromatic N) is 3. The van der Waals surface area contributed by atoms with E-state index in [9.17, 15) is 0 Å². The summed E-state index contributed by atoms with van der Waals surface area (Å²) in [6, 6.07) is 15.2. The molecule has 0 unspecified atom stereocenters. The van der Waals surface area contributed by atoms with Crippen LogP contribution in [0.2, 0.25) is 0 Å². The second-order valence-electron chi connectivity index (χ2n) is 6.61. The van der Waals surface area contributed by atoms with E-state index in [0.717, 1.165) is 44.7 Å². The van der Waals surface area contributed by atoms with Gasteiger partial charge in [0.2, 0.25) is 0 Å². The van der Waals surface area contributed by atoms with E-state index in [4.69, 9.17) is 4.98 Å². The van der Waals surface area contributed by atoms with Gasteiger partial charge in [-0.1, -0.05) is 49.4 Å². The smallest absolute Gasteiger partial charge is 0.128 e. The van der Waals surface area contributed by atoms with E-state index in [2.05, 4.69) is 59.3 Å². The topological polar surface area (TPSA) is 29.0 Å². The van der Waals surface area contributed by atoms with Crippen LogP contribution in [0, 0.1) is 0 Å². The van der Waals surface area contributed by atoms with Crippen molar-refractivity contribution >= 4 is 10.8 Å².